The van der Waals surface area contributed by atoms with E-state index in [2.05, 4.69) is 0 Å². The van der Waals surface area contributed by atoms with Gasteiger partial charge in [0.05, 0.1) is 6.61 Å². The highest BCUT2D eigenvalue weighted by Crippen LogP contribution is 2.38. The van der Waals surface area contributed by atoms with Crippen molar-refractivity contribution in [2.45, 2.75) is 26.3 Å². The zero-order chi connectivity index (χ0) is 11.5. The van der Waals surface area contributed by atoms with E-state index in [9.17, 15) is 0 Å². The molecule has 0 saturated carbocycles. The molecule has 4 nitrogen and oxygen atoms in total. The van der Waals surface area contributed by atoms with E-state index in [1.165, 1.54) is 0 Å². The average molecular weight is 223 g/mol. The molecule has 1 aliphatic heterocycles. The number of hydrogen-bond acceptors (Lipinski definition) is 4. The molecule has 1 aromatic rings. The highest BCUT2D eigenvalue weighted by molar-refractivity contribution is 5.52. The van der Waals surface area contributed by atoms with E-state index in [0.717, 1.165) is 29.2 Å². The van der Waals surface area contributed by atoms with Crippen LogP contribution in [-0.4, -0.2) is 19.4 Å². The summed E-state index contributed by atoms with van der Waals surface area (Å²) in [6.45, 7) is 4.84. The summed E-state index contributed by atoms with van der Waals surface area (Å²) in [5.74, 6) is 2.36. The Hall–Kier alpha value is -1.42. The first-order valence-electron chi connectivity index (χ1n) is 5.51. The minimum absolute atomic E-state index is 0.0968. The third-order valence-electron chi connectivity index (χ3n) is 2.40. The van der Waals surface area contributed by atoms with E-state index in [0.29, 0.717) is 6.61 Å². The van der Waals surface area contributed by atoms with E-state index in [-0.39, 0.29) is 12.8 Å². The predicted molar refractivity (Wildman–Crippen MR) is 61.1 cm³/mol. The molecule has 1 aliphatic rings. The van der Waals surface area contributed by atoms with Crippen molar-refractivity contribution in [1.82, 2.24) is 0 Å². The molecular weight excluding hydrogens is 206 g/mol. The van der Waals surface area contributed by atoms with Crippen LogP contribution >= 0.6 is 0 Å². The number of benzene rings is 1. The smallest absolute Gasteiger partial charge is 0.231 e. The van der Waals surface area contributed by atoms with Gasteiger partial charge in [0, 0.05) is 12.1 Å². The molecule has 1 aromatic carbocycles. The summed E-state index contributed by atoms with van der Waals surface area (Å²) < 4.78 is 16.2. The van der Waals surface area contributed by atoms with E-state index in [1.807, 2.05) is 26.0 Å². The molecule has 2 rings (SSSR count). The van der Waals surface area contributed by atoms with Gasteiger partial charge in [0.2, 0.25) is 6.79 Å². The fourth-order valence-electron chi connectivity index (χ4n) is 1.76. The molecule has 0 aromatic heterocycles. The van der Waals surface area contributed by atoms with Gasteiger partial charge in [-0.2, -0.15) is 0 Å². The predicted octanol–water partition coefficient (Wildman–Crippen LogP) is 1.70. The summed E-state index contributed by atoms with van der Waals surface area (Å²) in [5.41, 5.74) is 6.88. The third kappa shape index (κ3) is 2.22. The van der Waals surface area contributed by atoms with Gasteiger partial charge >= 0.3 is 0 Å². The summed E-state index contributed by atoms with van der Waals surface area (Å²) in [7, 11) is 0. The van der Waals surface area contributed by atoms with Gasteiger partial charge in [0.1, 0.15) is 5.75 Å². The van der Waals surface area contributed by atoms with Crippen molar-refractivity contribution in [3.8, 4) is 17.2 Å². The first-order chi connectivity index (χ1) is 7.70. The molecule has 1 atom stereocenters. The average Bonchev–Trinajstić information content (AvgIpc) is 2.64. The maximum atomic E-state index is 5.81. The van der Waals surface area contributed by atoms with Crippen molar-refractivity contribution in [2.24, 2.45) is 5.73 Å². The van der Waals surface area contributed by atoms with Crippen molar-refractivity contribution < 1.29 is 14.2 Å². The summed E-state index contributed by atoms with van der Waals surface area (Å²) in [5, 5.41) is 0. The van der Waals surface area contributed by atoms with Gasteiger partial charge in [0.15, 0.2) is 11.5 Å². The van der Waals surface area contributed by atoms with Gasteiger partial charge in [-0.25, -0.2) is 0 Å². The van der Waals surface area contributed by atoms with Crippen molar-refractivity contribution >= 4 is 0 Å². The normalized spacial score (nSPS) is 14.9. The lowest BCUT2D eigenvalue weighted by Crippen LogP contribution is -2.18. The Morgan fingerprint density at radius 2 is 2.06 bits per heavy atom. The maximum absolute atomic E-state index is 5.81. The summed E-state index contributed by atoms with van der Waals surface area (Å²) >= 11 is 0. The summed E-state index contributed by atoms with van der Waals surface area (Å²) in [4.78, 5) is 0. The Kier molecular flexibility index (Phi) is 3.19. The first kappa shape index (κ1) is 11.1. The van der Waals surface area contributed by atoms with Crippen LogP contribution in [0.5, 0.6) is 17.2 Å². The molecule has 2 N–H and O–H groups in total. The maximum Gasteiger partial charge on any atom is 0.231 e. The zero-order valence-corrected chi connectivity index (χ0v) is 9.66. The minimum Gasteiger partial charge on any atom is -0.493 e. The van der Waals surface area contributed by atoms with Crippen LogP contribution in [0.4, 0.5) is 0 Å². The largest absolute Gasteiger partial charge is 0.493 e. The quantitative estimate of drug-likeness (QED) is 0.844. The molecule has 0 amide bonds. The number of rotatable bonds is 4. The second-order valence-corrected chi connectivity index (χ2v) is 3.93. The Balaban J connectivity index is 2.32. The highest BCUT2D eigenvalue weighted by atomic mass is 16.7. The van der Waals surface area contributed by atoms with Crippen molar-refractivity contribution in [3.05, 3.63) is 17.7 Å². The van der Waals surface area contributed by atoms with Crippen LogP contribution < -0.4 is 19.9 Å². The van der Waals surface area contributed by atoms with E-state index < -0.39 is 0 Å². The molecular formula is C12H17NO3. The van der Waals surface area contributed by atoms with Crippen LogP contribution in [0.15, 0.2) is 12.1 Å². The number of nitrogens with two attached hydrogens (primary N) is 1. The van der Waals surface area contributed by atoms with Crippen LogP contribution in [0.1, 0.15) is 19.4 Å². The van der Waals surface area contributed by atoms with Crippen LogP contribution in [0, 0.1) is 0 Å². The van der Waals surface area contributed by atoms with Gasteiger partial charge in [-0.15, -0.1) is 0 Å². The molecule has 0 aliphatic carbocycles. The topological polar surface area (TPSA) is 53.7 Å². The van der Waals surface area contributed by atoms with Crippen LogP contribution in [-0.2, 0) is 6.42 Å². The molecule has 0 spiro atoms. The molecule has 88 valence electrons. The van der Waals surface area contributed by atoms with Crippen LogP contribution in [0.3, 0.4) is 0 Å². The molecule has 0 saturated heterocycles. The van der Waals surface area contributed by atoms with Crippen molar-refractivity contribution in [2.75, 3.05) is 13.4 Å². The second-order valence-electron chi connectivity index (χ2n) is 3.93. The molecule has 0 radical (unpaired) electrons. The summed E-state index contributed by atoms with van der Waals surface area (Å²) in [6, 6.07) is 3.93. The molecule has 0 fully saturated rings. The fourth-order valence-corrected chi connectivity index (χ4v) is 1.76. The van der Waals surface area contributed by atoms with E-state index in [4.69, 9.17) is 19.9 Å². The SMILES string of the molecule is CCOc1cc2c(cc1CC(C)N)OCO2. The lowest BCUT2D eigenvalue weighted by molar-refractivity contribution is 0.173. The van der Waals surface area contributed by atoms with Crippen molar-refractivity contribution in [1.29, 1.82) is 0 Å². The molecule has 1 unspecified atom stereocenters. The van der Waals surface area contributed by atoms with Crippen LogP contribution in [0.2, 0.25) is 0 Å². The second kappa shape index (κ2) is 4.61. The Bertz CT molecular complexity index is 377. The zero-order valence-electron chi connectivity index (χ0n) is 9.66. The van der Waals surface area contributed by atoms with Crippen molar-refractivity contribution in [3.63, 3.8) is 0 Å². The van der Waals surface area contributed by atoms with Gasteiger partial charge < -0.3 is 19.9 Å². The Morgan fingerprint density at radius 3 is 2.69 bits per heavy atom. The van der Waals surface area contributed by atoms with Crippen LogP contribution in [0.25, 0.3) is 0 Å². The van der Waals surface area contributed by atoms with Gasteiger partial charge in [0.25, 0.3) is 0 Å². The Labute approximate surface area is 95.3 Å². The molecule has 16 heavy (non-hydrogen) atoms. The fraction of sp³-hybridized carbons (Fsp3) is 0.500. The van der Waals surface area contributed by atoms with E-state index in [1.54, 1.807) is 0 Å². The molecule has 1 heterocycles. The first-order valence-corrected chi connectivity index (χ1v) is 5.51. The molecule has 4 heteroatoms. The number of ether oxygens (including phenoxy) is 3. The lowest BCUT2D eigenvalue weighted by atomic mass is 10.1. The monoisotopic (exact) mass is 223 g/mol. The number of fused-ring (bicyclic) bond motifs is 1. The molecule has 0 bridgehead atoms. The lowest BCUT2D eigenvalue weighted by Gasteiger charge is -2.13. The summed E-state index contributed by atoms with van der Waals surface area (Å²) in [6.07, 6.45) is 0.770. The minimum atomic E-state index is 0.0968. The van der Waals surface area contributed by atoms with Gasteiger partial charge in [-0.3, -0.25) is 0 Å². The standard InChI is InChI=1S/C12H17NO3/c1-3-14-10-6-12-11(15-7-16-12)5-9(10)4-8(2)13/h5-6,8H,3-4,7,13H2,1-2H3. The third-order valence-corrected chi connectivity index (χ3v) is 2.40. The van der Waals surface area contributed by atoms with Gasteiger partial charge in [-0.05, 0) is 31.9 Å². The highest BCUT2D eigenvalue weighted by Gasteiger charge is 2.18. The number of hydrogen-bond donors (Lipinski definition) is 1. The van der Waals surface area contributed by atoms with E-state index >= 15 is 0 Å². The Morgan fingerprint density at radius 1 is 1.38 bits per heavy atom. The van der Waals surface area contributed by atoms with Gasteiger partial charge in [-0.1, -0.05) is 0 Å².